The third-order valence-corrected chi connectivity index (χ3v) is 5.85. The van der Waals surface area contributed by atoms with Gasteiger partial charge in [0, 0.05) is 12.0 Å². The summed E-state index contributed by atoms with van der Waals surface area (Å²) >= 11 is 3.46. The van der Waals surface area contributed by atoms with Crippen molar-refractivity contribution in [2.75, 3.05) is 6.61 Å². The quantitative estimate of drug-likeness (QED) is 0.340. The van der Waals surface area contributed by atoms with Crippen LogP contribution in [0.5, 0.6) is 5.75 Å². The molecule has 0 radical (unpaired) electrons. The van der Waals surface area contributed by atoms with E-state index < -0.39 is 5.91 Å². The Morgan fingerprint density at radius 3 is 2.39 bits per heavy atom. The largest absolute Gasteiger partial charge is 0.492 e. The Morgan fingerprint density at radius 1 is 0.818 bits per heavy atom. The standard InChI is InChI=1S/C27H23BrN2O3/c28-24-17-22(13-14-25(24)33-16-15-19-7-2-1-3-8-19)27(32)30-29-26(31)18-21-11-6-10-20-9-4-5-12-23(20)21/h1-14,17H,15-16,18H2,(H,29,31)(H,30,32). The number of carbonyl (C=O) groups is 2. The molecular formula is C27H23BrN2O3. The molecule has 0 aliphatic rings. The Hall–Kier alpha value is -3.64. The zero-order valence-electron chi connectivity index (χ0n) is 17.9. The summed E-state index contributed by atoms with van der Waals surface area (Å²) in [6.45, 7) is 0.526. The van der Waals surface area contributed by atoms with Crippen LogP contribution in [0.15, 0.2) is 95.5 Å². The third-order valence-electron chi connectivity index (χ3n) is 5.23. The number of rotatable bonds is 7. The molecule has 0 unspecified atom stereocenters. The number of nitrogens with one attached hydrogen (secondary N) is 2. The predicted octanol–water partition coefficient (Wildman–Crippen LogP) is 5.23. The summed E-state index contributed by atoms with van der Waals surface area (Å²) < 4.78 is 6.50. The molecule has 4 rings (SSSR count). The van der Waals surface area contributed by atoms with Crippen molar-refractivity contribution in [3.63, 3.8) is 0 Å². The van der Waals surface area contributed by atoms with Crippen LogP contribution >= 0.6 is 15.9 Å². The fraction of sp³-hybridized carbons (Fsp3) is 0.111. The molecule has 33 heavy (non-hydrogen) atoms. The number of hydrogen-bond donors (Lipinski definition) is 2. The van der Waals surface area contributed by atoms with Gasteiger partial charge in [-0.1, -0.05) is 72.8 Å². The number of benzene rings is 4. The second kappa shape index (κ2) is 10.8. The van der Waals surface area contributed by atoms with Gasteiger partial charge in [-0.25, -0.2) is 0 Å². The van der Waals surface area contributed by atoms with Gasteiger partial charge in [0.05, 0.1) is 17.5 Å². The van der Waals surface area contributed by atoms with Gasteiger partial charge >= 0.3 is 0 Å². The molecule has 166 valence electrons. The molecular weight excluding hydrogens is 480 g/mol. The van der Waals surface area contributed by atoms with Crippen LogP contribution in [0.2, 0.25) is 0 Å². The molecule has 0 aliphatic heterocycles. The monoisotopic (exact) mass is 502 g/mol. The van der Waals surface area contributed by atoms with Crippen LogP contribution in [0.25, 0.3) is 10.8 Å². The Morgan fingerprint density at radius 2 is 1.58 bits per heavy atom. The van der Waals surface area contributed by atoms with Crippen molar-refractivity contribution in [1.82, 2.24) is 10.9 Å². The van der Waals surface area contributed by atoms with Gasteiger partial charge in [0.1, 0.15) is 5.75 Å². The number of amides is 2. The number of halogens is 1. The highest BCUT2D eigenvalue weighted by molar-refractivity contribution is 9.10. The lowest BCUT2D eigenvalue weighted by Gasteiger charge is -2.11. The summed E-state index contributed by atoms with van der Waals surface area (Å²) in [4.78, 5) is 24.9. The van der Waals surface area contributed by atoms with E-state index in [4.69, 9.17) is 4.74 Å². The predicted molar refractivity (Wildman–Crippen MR) is 133 cm³/mol. The minimum atomic E-state index is -0.405. The van der Waals surface area contributed by atoms with E-state index in [1.54, 1.807) is 18.2 Å². The highest BCUT2D eigenvalue weighted by Crippen LogP contribution is 2.26. The maximum atomic E-state index is 12.5. The number of ether oxygens (including phenoxy) is 1. The number of carbonyl (C=O) groups excluding carboxylic acids is 2. The first-order valence-corrected chi connectivity index (χ1v) is 11.4. The third kappa shape index (κ3) is 5.99. The molecule has 0 aromatic heterocycles. The molecule has 4 aromatic carbocycles. The van der Waals surface area contributed by atoms with Crippen LogP contribution in [0.3, 0.4) is 0 Å². The number of hydrazine groups is 1. The minimum Gasteiger partial charge on any atom is -0.492 e. The highest BCUT2D eigenvalue weighted by atomic mass is 79.9. The van der Waals surface area contributed by atoms with E-state index in [0.717, 1.165) is 22.8 Å². The summed E-state index contributed by atoms with van der Waals surface area (Å²) in [6, 6.07) is 28.9. The Bertz CT molecular complexity index is 1270. The first kappa shape index (κ1) is 22.6. The molecule has 0 bridgehead atoms. The van der Waals surface area contributed by atoms with Crippen molar-refractivity contribution in [2.45, 2.75) is 12.8 Å². The smallest absolute Gasteiger partial charge is 0.269 e. The molecule has 0 fully saturated rings. The van der Waals surface area contributed by atoms with Gasteiger partial charge in [-0.3, -0.25) is 20.4 Å². The summed E-state index contributed by atoms with van der Waals surface area (Å²) in [5, 5.41) is 2.09. The van der Waals surface area contributed by atoms with Gasteiger partial charge in [0.2, 0.25) is 5.91 Å². The molecule has 0 aliphatic carbocycles. The molecule has 0 heterocycles. The lowest BCUT2D eigenvalue weighted by Crippen LogP contribution is -2.42. The van der Waals surface area contributed by atoms with Gasteiger partial charge in [-0.05, 0) is 56.0 Å². The van der Waals surface area contributed by atoms with Gasteiger partial charge in [-0.2, -0.15) is 0 Å². The molecule has 5 nitrogen and oxygen atoms in total. The van der Waals surface area contributed by atoms with Crippen molar-refractivity contribution in [2.24, 2.45) is 0 Å². The van der Waals surface area contributed by atoms with Crippen LogP contribution < -0.4 is 15.6 Å². The molecule has 2 amide bonds. The van der Waals surface area contributed by atoms with Crippen molar-refractivity contribution in [3.05, 3.63) is 112 Å². The van der Waals surface area contributed by atoms with Gasteiger partial charge < -0.3 is 4.74 Å². The van der Waals surface area contributed by atoms with Gasteiger partial charge in [0.25, 0.3) is 5.91 Å². The lowest BCUT2D eigenvalue weighted by atomic mass is 10.0. The van der Waals surface area contributed by atoms with E-state index in [0.29, 0.717) is 22.4 Å². The van der Waals surface area contributed by atoms with E-state index >= 15 is 0 Å². The summed E-state index contributed by atoms with van der Waals surface area (Å²) in [6.07, 6.45) is 0.956. The normalized spacial score (nSPS) is 10.6. The second-order valence-corrected chi connectivity index (χ2v) is 8.40. The Balaban J connectivity index is 1.30. The van der Waals surface area contributed by atoms with Gasteiger partial charge in [-0.15, -0.1) is 0 Å². The lowest BCUT2D eigenvalue weighted by molar-refractivity contribution is -0.121. The zero-order chi connectivity index (χ0) is 23.0. The molecule has 0 saturated carbocycles. The maximum absolute atomic E-state index is 12.5. The molecule has 6 heteroatoms. The topological polar surface area (TPSA) is 67.4 Å². The van der Waals surface area contributed by atoms with E-state index in [2.05, 4.69) is 38.9 Å². The number of hydrogen-bond acceptors (Lipinski definition) is 3. The minimum absolute atomic E-state index is 0.166. The van der Waals surface area contributed by atoms with E-state index in [-0.39, 0.29) is 12.3 Å². The van der Waals surface area contributed by atoms with E-state index in [9.17, 15) is 9.59 Å². The van der Waals surface area contributed by atoms with Crippen molar-refractivity contribution >= 4 is 38.5 Å². The Kier molecular flexibility index (Phi) is 7.37. The molecule has 0 atom stereocenters. The zero-order valence-corrected chi connectivity index (χ0v) is 19.5. The second-order valence-electron chi connectivity index (χ2n) is 7.55. The van der Waals surface area contributed by atoms with E-state index in [1.165, 1.54) is 5.56 Å². The van der Waals surface area contributed by atoms with E-state index in [1.807, 2.05) is 60.7 Å². The molecule has 4 aromatic rings. The first-order chi connectivity index (χ1) is 16.1. The fourth-order valence-corrected chi connectivity index (χ4v) is 4.04. The Labute approximate surface area is 200 Å². The first-order valence-electron chi connectivity index (χ1n) is 10.6. The van der Waals surface area contributed by atoms with Crippen LogP contribution in [0, 0.1) is 0 Å². The van der Waals surface area contributed by atoms with Crippen LogP contribution in [0.4, 0.5) is 0 Å². The maximum Gasteiger partial charge on any atom is 0.269 e. The SMILES string of the molecule is O=C(Cc1cccc2ccccc12)NNC(=O)c1ccc(OCCc2ccccc2)c(Br)c1. The van der Waals surface area contributed by atoms with Crippen molar-refractivity contribution in [1.29, 1.82) is 0 Å². The van der Waals surface area contributed by atoms with Crippen LogP contribution in [-0.2, 0) is 17.6 Å². The van der Waals surface area contributed by atoms with Crippen LogP contribution in [-0.4, -0.2) is 18.4 Å². The molecule has 2 N–H and O–H groups in total. The average Bonchev–Trinajstić information content (AvgIpc) is 2.84. The van der Waals surface area contributed by atoms with Crippen molar-refractivity contribution < 1.29 is 14.3 Å². The molecule has 0 spiro atoms. The highest BCUT2D eigenvalue weighted by Gasteiger charge is 2.12. The van der Waals surface area contributed by atoms with Crippen molar-refractivity contribution in [3.8, 4) is 5.75 Å². The van der Waals surface area contributed by atoms with Crippen LogP contribution in [0.1, 0.15) is 21.5 Å². The molecule has 0 saturated heterocycles. The average molecular weight is 503 g/mol. The van der Waals surface area contributed by atoms with Gasteiger partial charge in [0.15, 0.2) is 0 Å². The summed E-state index contributed by atoms with van der Waals surface area (Å²) in [7, 11) is 0. The fourth-order valence-electron chi connectivity index (χ4n) is 3.55. The summed E-state index contributed by atoms with van der Waals surface area (Å²) in [5.41, 5.74) is 7.48. The summed E-state index contributed by atoms with van der Waals surface area (Å²) in [5.74, 6) is -0.0417. The number of fused-ring (bicyclic) bond motifs is 1.